The summed E-state index contributed by atoms with van der Waals surface area (Å²) in [6.07, 6.45) is 1.83. The van der Waals surface area contributed by atoms with Crippen LogP contribution in [0.15, 0.2) is 54.1 Å². The fourth-order valence-corrected chi connectivity index (χ4v) is 3.10. The van der Waals surface area contributed by atoms with Crippen LogP contribution in [0.5, 0.6) is 0 Å². The number of halogens is 2. The summed E-state index contributed by atoms with van der Waals surface area (Å²) >= 11 is 12.3. The van der Waals surface area contributed by atoms with Gasteiger partial charge in [-0.1, -0.05) is 47.5 Å². The van der Waals surface area contributed by atoms with E-state index in [0.29, 0.717) is 33.4 Å². The molecule has 0 spiro atoms. The third-order valence-electron chi connectivity index (χ3n) is 4.05. The van der Waals surface area contributed by atoms with E-state index in [2.05, 4.69) is 0 Å². The van der Waals surface area contributed by atoms with Crippen molar-refractivity contribution >= 4 is 41.5 Å². The Morgan fingerprint density at radius 1 is 1.14 bits per heavy atom. The predicted molar refractivity (Wildman–Crippen MR) is 110 cm³/mol. The van der Waals surface area contributed by atoms with Crippen LogP contribution in [0.3, 0.4) is 0 Å². The number of aldehydes is 1. The topological polar surface area (TPSA) is 79.2 Å². The van der Waals surface area contributed by atoms with Crippen LogP contribution in [0, 0.1) is 0 Å². The summed E-state index contributed by atoms with van der Waals surface area (Å²) in [6.45, 7) is 1.82. The summed E-state index contributed by atoms with van der Waals surface area (Å²) in [6, 6.07) is 14.3. The van der Waals surface area contributed by atoms with Crippen LogP contribution in [0.4, 0.5) is 0 Å². The molecule has 1 aromatic heterocycles. The van der Waals surface area contributed by atoms with Crippen LogP contribution < -0.4 is 5.84 Å². The van der Waals surface area contributed by atoms with Crippen LogP contribution in [0.2, 0.25) is 10.0 Å². The fraction of sp³-hybridized carbons (Fsp3) is 0.100. The first-order valence-electron chi connectivity index (χ1n) is 8.41. The minimum atomic E-state index is -0.718. The maximum absolute atomic E-state index is 12.0. The van der Waals surface area contributed by atoms with Crippen molar-refractivity contribution in [2.24, 2.45) is 0 Å². The van der Waals surface area contributed by atoms with Crippen LogP contribution in [-0.4, -0.2) is 28.3 Å². The molecule has 0 bridgehead atoms. The van der Waals surface area contributed by atoms with E-state index in [1.807, 2.05) is 30.3 Å². The molecule has 0 aliphatic heterocycles. The molecule has 0 radical (unpaired) electrons. The van der Waals surface area contributed by atoms with Crippen LogP contribution in [0.1, 0.15) is 12.6 Å². The van der Waals surface area contributed by atoms with Gasteiger partial charge in [-0.05, 0) is 37.3 Å². The Morgan fingerprint density at radius 3 is 2.43 bits per heavy atom. The smallest absolute Gasteiger partial charge is 0.341 e. The number of para-hydroxylation sites is 1. The SMILES string of the molecule is CCOC(=O)/C(C=O)=C/c1c(-c2ccc(Cl)cc2)n(-c2ccccc2Cl)n1N. The minimum Gasteiger partial charge on any atom is -0.462 e. The van der Waals surface area contributed by atoms with E-state index < -0.39 is 5.97 Å². The Balaban J connectivity index is 2.20. The largest absolute Gasteiger partial charge is 0.462 e. The number of nitrogens with zero attached hydrogens (tertiary/aromatic N) is 2. The summed E-state index contributed by atoms with van der Waals surface area (Å²) in [4.78, 5) is 24.7. The van der Waals surface area contributed by atoms with E-state index in [-0.39, 0.29) is 12.2 Å². The molecule has 1 heterocycles. The number of hydrogen-bond donors (Lipinski definition) is 1. The van der Waals surface area contributed by atoms with E-state index in [1.54, 1.807) is 29.8 Å². The Labute approximate surface area is 171 Å². The second-order valence-electron chi connectivity index (χ2n) is 5.79. The van der Waals surface area contributed by atoms with E-state index in [0.717, 1.165) is 5.56 Å². The van der Waals surface area contributed by atoms with Gasteiger partial charge in [0.05, 0.1) is 23.0 Å². The number of esters is 1. The third kappa shape index (κ3) is 3.69. The minimum absolute atomic E-state index is 0.141. The molecule has 3 rings (SSSR count). The number of nitrogen functional groups attached to an aromatic ring is 1. The molecular formula is C20H17Cl2N3O3. The van der Waals surface area contributed by atoms with E-state index >= 15 is 0 Å². The third-order valence-corrected chi connectivity index (χ3v) is 4.62. The van der Waals surface area contributed by atoms with Crippen molar-refractivity contribution in [1.82, 2.24) is 9.47 Å². The first-order chi connectivity index (χ1) is 13.5. The predicted octanol–water partition coefficient (Wildman–Crippen LogP) is 4.11. The zero-order chi connectivity index (χ0) is 20.3. The average Bonchev–Trinajstić information content (AvgIpc) is 2.69. The molecule has 0 amide bonds. The molecular weight excluding hydrogens is 401 g/mol. The van der Waals surface area contributed by atoms with Gasteiger partial charge in [-0.25, -0.2) is 9.48 Å². The summed E-state index contributed by atoms with van der Waals surface area (Å²) < 4.78 is 6.60. The lowest BCUT2D eigenvalue weighted by molar-refractivity contribution is -0.139. The van der Waals surface area contributed by atoms with Gasteiger partial charge in [0.25, 0.3) is 0 Å². The van der Waals surface area contributed by atoms with Gasteiger partial charge in [0.2, 0.25) is 0 Å². The molecule has 0 aliphatic rings. The molecule has 3 aromatic rings. The first kappa shape index (κ1) is 19.8. The fourth-order valence-electron chi connectivity index (χ4n) is 2.76. The highest BCUT2D eigenvalue weighted by atomic mass is 35.5. The van der Waals surface area contributed by atoms with Crippen LogP contribution in [0.25, 0.3) is 23.0 Å². The second kappa shape index (κ2) is 8.37. The quantitative estimate of drug-likeness (QED) is 0.163. The second-order valence-corrected chi connectivity index (χ2v) is 6.63. The highest BCUT2D eigenvalue weighted by Gasteiger charge is 2.24. The van der Waals surface area contributed by atoms with Gasteiger partial charge < -0.3 is 10.6 Å². The molecule has 8 heteroatoms. The van der Waals surface area contributed by atoms with Gasteiger partial charge in [-0.3, -0.25) is 4.79 Å². The highest BCUT2D eigenvalue weighted by Crippen LogP contribution is 2.34. The Bertz CT molecular complexity index is 1050. The van der Waals surface area contributed by atoms with Gasteiger partial charge in [0, 0.05) is 10.6 Å². The summed E-state index contributed by atoms with van der Waals surface area (Å²) in [5, 5.41) is 1.07. The van der Waals surface area contributed by atoms with Crippen molar-refractivity contribution in [2.45, 2.75) is 6.92 Å². The Hall–Kier alpha value is -2.96. The number of aromatic nitrogens is 2. The lowest BCUT2D eigenvalue weighted by Gasteiger charge is -2.28. The van der Waals surface area contributed by atoms with Crippen molar-refractivity contribution in [3.8, 4) is 16.9 Å². The molecule has 2 aromatic carbocycles. The number of nitrogens with two attached hydrogens (primary N) is 1. The number of carbonyl (C=O) groups excluding carboxylic acids is 2. The van der Waals surface area contributed by atoms with Gasteiger partial charge in [-0.2, -0.15) is 4.79 Å². The van der Waals surface area contributed by atoms with Gasteiger partial charge >= 0.3 is 5.97 Å². The highest BCUT2D eigenvalue weighted by molar-refractivity contribution is 6.32. The van der Waals surface area contributed by atoms with Crippen LogP contribution in [-0.2, 0) is 14.3 Å². The number of ether oxygens (including phenoxy) is 1. The zero-order valence-corrected chi connectivity index (χ0v) is 16.4. The van der Waals surface area contributed by atoms with Crippen molar-refractivity contribution < 1.29 is 14.3 Å². The Kier molecular flexibility index (Phi) is 5.92. The maximum Gasteiger partial charge on any atom is 0.341 e. The molecule has 6 nitrogen and oxygen atoms in total. The zero-order valence-electron chi connectivity index (χ0n) is 14.9. The molecule has 0 fully saturated rings. The monoisotopic (exact) mass is 417 g/mol. The lowest BCUT2D eigenvalue weighted by atomic mass is 10.1. The van der Waals surface area contributed by atoms with Crippen LogP contribution >= 0.6 is 23.2 Å². The van der Waals surface area contributed by atoms with E-state index in [4.69, 9.17) is 33.8 Å². The Morgan fingerprint density at radius 2 is 1.82 bits per heavy atom. The van der Waals surface area contributed by atoms with Gasteiger partial charge in [0.1, 0.15) is 11.3 Å². The normalized spacial score (nSPS) is 11.5. The van der Waals surface area contributed by atoms with Crippen molar-refractivity contribution in [2.75, 3.05) is 12.4 Å². The number of carbonyl (C=O) groups is 2. The molecule has 0 saturated carbocycles. The molecule has 2 N–H and O–H groups in total. The summed E-state index contributed by atoms with van der Waals surface area (Å²) in [7, 11) is 0. The molecule has 0 aliphatic carbocycles. The average molecular weight is 418 g/mol. The summed E-state index contributed by atoms with van der Waals surface area (Å²) in [5.74, 6) is 5.49. The van der Waals surface area contributed by atoms with E-state index in [1.165, 1.54) is 10.9 Å². The molecule has 144 valence electrons. The van der Waals surface area contributed by atoms with E-state index in [9.17, 15) is 9.59 Å². The van der Waals surface area contributed by atoms with Crippen molar-refractivity contribution in [3.63, 3.8) is 0 Å². The standard InChI is InChI=1S/C20H17Cl2N3O3/c1-2-28-20(27)14(12-26)11-18-19(13-7-9-15(21)10-8-13)24(25(18)23)17-6-4-3-5-16(17)22/h3-12H,2,23H2,1H3/b14-11+. The van der Waals surface area contributed by atoms with Gasteiger partial charge in [0.15, 0.2) is 6.29 Å². The maximum atomic E-state index is 12.0. The van der Waals surface area contributed by atoms with Gasteiger partial charge in [-0.15, -0.1) is 0 Å². The molecule has 0 unspecified atom stereocenters. The number of benzene rings is 2. The van der Waals surface area contributed by atoms with Crippen molar-refractivity contribution in [3.05, 3.63) is 69.8 Å². The number of rotatable bonds is 6. The molecule has 28 heavy (non-hydrogen) atoms. The van der Waals surface area contributed by atoms with Crippen molar-refractivity contribution in [1.29, 1.82) is 0 Å². The lowest BCUT2D eigenvalue weighted by Crippen LogP contribution is -2.33. The molecule has 0 saturated heterocycles. The summed E-state index contributed by atoms with van der Waals surface area (Å²) in [5.41, 5.74) is 2.41. The molecule has 0 atom stereocenters. The first-order valence-corrected chi connectivity index (χ1v) is 9.17. The number of hydrogen-bond acceptors (Lipinski definition) is 4.